The summed E-state index contributed by atoms with van der Waals surface area (Å²) in [6.45, 7) is 0.856. The molecule has 0 radical (unpaired) electrons. The molecule has 0 unspecified atom stereocenters. The Morgan fingerprint density at radius 3 is 2.76 bits per heavy atom. The summed E-state index contributed by atoms with van der Waals surface area (Å²) in [4.78, 5) is 16.1. The number of ketones is 1. The highest BCUT2D eigenvalue weighted by Crippen LogP contribution is 2.41. The summed E-state index contributed by atoms with van der Waals surface area (Å²) in [6, 6.07) is 10.8. The second kappa shape index (κ2) is 7.60. The number of fused-ring (bicyclic) bond motifs is 2. The lowest BCUT2D eigenvalue weighted by Crippen LogP contribution is -2.16. The summed E-state index contributed by atoms with van der Waals surface area (Å²) in [6.07, 6.45) is 3.12. The van der Waals surface area contributed by atoms with Gasteiger partial charge in [0.15, 0.2) is 11.5 Å². The van der Waals surface area contributed by atoms with Gasteiger partial charge in [0.05, 0.1) is 14.2 Å². The standard InChI is InChI=1S/C22H18N2O5/c1-26-15-3-4-18-16(10-15)17(12-24-18)21(25)14(11-23)7-13-8-19(27-2)22-20(9-13)28-5-6-29-22/h3-4,7-10,12,24H,5-6H2,1-2H3/b14-7+. The molecule has 4 rings (SSSR count). The Bertz CT molecular complexity index is 1150. The quantitative estimate of drug-likeness (QED) is 0.405. The molecule has 7 nitrogen and oxygen atoms in total. The lowest BCUT2D eigenvalue weighted by Gasteiger charge is -2.21. The number of carbonyl (C=O) groups is 1. The number of nitriles is 1. The fourth-order valence-corrected chi connectivity index (χ4v) is 3.25. The Kier molecular flexibility index (Phi) is 4.83. The van der Waals surface area contributed by atoms with E-state index in [1.165, 1.54) is 13.2 Å². The third-order valence-electron chi connectivity index (χ3n) is 4.66. The summed E-state index contributed by atoms with van der Waals surface area (Å²) in [5, 5.41) is 10.3. The van der Waals surface area contributed by atoms with Gasteiger partial charge in [-0.3, -0.25) is 4.79 Å². The maximum absolute atomic E-state index is 13.1. The molecule has 0 amide bonds. The average Bonchev–Trinajstić information content (AvgIpc) is 3.19. The molecule has 0 bridgehead atoms. The van der Waals surface area contributed by atoms with E-state index in [2.05, 4.69) is 4.98 Å². The molecule has 146 valence electrons. The monoisotopic (exact) mass is 390 g/mol. The number of nitrogens with one attached hydrogen (secondary N) is 1. The van der Waals surface area contributed by atoms with Gasteiger partial charge in [-0.25, -0.2) is 0 Å². The topological polar surface area (TPSA) is 93.6 Å². The first-order valence-electron chi connectivity index (χ1n) is 8.94. The van der Waals surface area contributed by atoms with Gasteiger partial charge in [-0.15, -0.1) is 0 Å². The Morgan fingerprint density at radius 2 is 2.00 bits per heavy atom. The van der Waals surface area contributed by atoms with Crippen molar-refractivity contribution in [3.05, 3.63) is 53.2 Å². The van der Waals surface area contributed by atoms with Gasteiger partial charge in [-0.1, -0.05) is 0 Å². The van der Waals surface area contributed by atoms with Gasteiger partial charge in [-0.05, 0) is 42.0 Å². The van der Waals surface area contributed by atoms with Gasteiger partial charge in [0.1, 0.15) is 30.6 Å². The van der Waals surface area contributed by atoms with E-state index in [1.807, 2.05) is 12.1 Å². The molecule has 2 aromatic carbocycles. The number of carbonyl (C=O) groups excluding carboxylic acids is 1. The van der Waals surface area contributed by atoms with Gasteiger partial charge in [0, 0.05) is 22.7 Å². The summed E-state index contributed by atoms with van der Waals surface area (Å²) in [5.41, 5.74) is 1.78. The Morgan fingerprint density at radius 1 is 1.17 bits per heavy atom. The molecule has 0 fully saturated rings. The minimum atomic E-state index is -0.388. The molecule has 0 aliphatic carbocycles. The van der Waals surface area contributed by atoms with Crippen molar-refractivity contribution in [2.75, 3.05) is 27.4 Å². The van der Waals surface area contributed by atoms with E-state index in [4.69, 9.17) is 18.9 Å². The van der Waals surface area contributed by atoms with Crippen molar-refractivity contribution in [3.8, 4) is 29.1 Å². The number of rotatable bonds is 5. The van der Waals surface area contributed by atoms with Crippen LogP contribution in [0.5, 0.6) is 23.0 Å². The van der Waals surface area contributed by atoms with Gasteiger partial charge in [0.25, 0.3) is 0 Å². The van der Waals surface area contributed by atoms with Crippen LogP contribution in [0.1, 0.15) is 15.9 Å². The van der Waals surface area contributed by atoms with Crippen LogP contribution in [0.15, 0.2) is 42.1 Å². The van der Waals surface area contributed by atoms with Crippen molar-refractivity contribution in [1.29, 1.82) is 5.26 Å². The van der Waals surface area contributed by atoms with Crippen molar-refractivity contribution in [3.63, 3.8) is 0 Å². The first-order valence-corrected chi connectivity index (χ1v) is 8.94. The number of nitrogens with zero attached hydrogens (tertiary/aromatic N) is 1. The molecule has 29 heavy (non-hydrogen) atoms. The van der Waals surface area contributed by atoms with Gasteiger partial charge >= 0.3 is 0 Å². The van der Waals surface area contributed by atoms with E-state index < -0.39 is 0 Å². The van der Waals surface area contributed by atoms with Crippen molar-refractivity contribution in [2.24, 2.45) is 0 Å². The van der Waals surface area contributed by atoms with Gasteiger partial charge < -0.3 is 23.9 Å². The van der Waals surface area contributed by atoms with E-state index in [1.54, 1.807) is 37.6 Å². The van der Waals surface area contributed by atoms with Gasteiger partial charge in [-0.2, -0.15) is 5.26 Å². The van der Waals surface area contributed by atoms with E-state index in [-0.39, 0.29) is 11.4 Å². The molecule has 1 aliphatic heterocycles. The second-order valence-electron chi connectivity index (χ2n) is 6.36. The highest BCUT2D eigenvalue weighted by atomic mass is 16.6. The number of Topliss-reactive ketones (excluding diaryl/α,β-unsaturated/α-hetero) is 1. The van der Waals surface area contributed by atoms with Crippen molar-refractivity contribution in [1.82, 2.24) is 4.98 Å². The highest BCUT2D eigenvalue weighted by Gasteiger charge is 2.20. The molecule has 1 aromatic heterocycles. The average molecular weight is 390 g/mol. The van der Waals surface area contributed by atoms with Crippen molar-refractivity contribution in [2.45, 2.75) is 0 Å². The number of aromatic nitrogens is 1. The third-order valence-corrected chi connectivity index (χ3v) is 4.66. The van der Waals surface area contributed by atoms with E-state index in [9.17, 15) is 10.1 Å². The van der Waals surface area contributed by atoms with Crippen LogP contribution in [0, 0.1) is 11.3 Å². The highest BCUT2D eigenvalue weighted by molar-refractivity contribution is 6.20. The second-order valence-corrected chi connectivity index (χ2v) is 6.36. The molecule has 1 N–H and O–H groups in total. The fraction of sp³-hybridized carbons (Fsp3) is 0.182. The number of H-pyrrole nitrogens is 1. The number of hydrogen-bond donors (Lipinski definition) is 1. The summed E-state index contributed by atoms with van der Waals surface area (Å²) in [7, 11) is 3.09. The maximum atomic E-state index is 13.1. The van der Waals surface area contributed by atoms with Crippen LogP contribution in [-0.2, 0) is 0 Å². The van der Waals surface area contributed by atoms with E-state index >= 15 is 0 Å². The molecule has 3 aromatic rings. The number of aromatic amines is 1. The number of ether oxygens (including phenoxy) is 4. The van der Waals surface area contributed by atoms with Crippen molar-refractivity contribution < 1.29 is 23.7 Å². The van der Waals surface area contributed by atoms with Crippen LogP contribution >= 0.6 is 0 Å². The number of hydrogen-bond acceptors (Lipinski definition) is 6. The molecule has 7 heteroatoms. The van der Waals surface area contributed by atoms with Crippen molar-refractivity contribution >= 4 is 22.8 Å². The minimum absolute atomic E-state index is 0.00699. The molecular formula is C22H18N2O5. The Balaban J connectivity index is 1.75. The van der Waals surface area contributed by atoms with Crippen LogP contribution in [0.4, 0.5) is 0 Å². The maximum Gasteiger partial charge on any atom is 0.205 e. The third kappa shape index (κ3) is 3.36. The molecule has 0 saturated carbocycles. The zero-order valence-corrected chi connectivity index (χ0v) is 15.9. The van der Waals surface area contributed by atoms with Crippen LogP contribution in [0.2, 0.25) is 0 Å². The molecule has 0 atom stereocenters. The summed E-state index contributed by atoms with van der Waals surface area (Å²) >= 11 is 0. The van der Waals surface area contributed by atoms with Crippen LogP contribution in [0.25, 0.3) is 17.0 Å². The Hall–Kier alpha value is -3.92. The van der Waals surface area contributed by atoms with E-state index in [0.717, 1.165) is 5.52 Å². The van der Waals surface area contributed by atoms with Crippen LogP contribution < -0.4 is 18.9 Å². The smallest absolute Gasteiger partial charge is 0.205 e. The molecule has 0 spiro atoms. The van der Waals surface area contributed by atoms with Crippen LogP contribution in [0.3, 0.4) is 0 Å². The first-order chi connectivity index (χ1) is 14.1. The molecule has 1 aliphatic rings. The SMILES string of the molecule is COc1ccc2[nH]cc(C(=O)/C(C#N)=C/c3cc(OC)c4c(c3)OCCO4)c2c1. The molecular weight excluding hydrogens is 372 g/mol. The number of methoxy groups -OCH3 is 2. The summed E-state index contributed by atoms with van der Waals surface area (Å²) < 4.78 is 21.8. The van der Waals surface area contributed by atoms with Crippen LogP contribution in [-0.4, -0.2) is 38.2 Å². The minimum Gasteiger partial charge on any atom is -0.497 e. The van der Waals surface area contributed by atoms with Gasteiger partial charge in [0.2, 0.25) is 11.5 Å². The first kappa shape index (κ1) is 18.4. The zero-order chi connectivity index (χ0) is 20.4. The number of benzene rings is 2. The lowest BCUT2D eigenvalue weighted by molar-refractivity contribution is 0.104. The molecule has 0 saturated heterocycles. The lowest BCUT2D eigenvalue weighted by atomic mass is 10.0. The predicted octanol–water partition coefficient (Wildman–Crippen LogP) is 3.75. The zero-order valence-electron chi connectivity index (χ0n) is 15.9. The molecule has 2 heterocycles. The largest absolute Gasteiger partial charge is 0.497 e. The Labute approximate surface area is 167 Å². The fourth-order valence-electron chi connectivity index (χ4n) is 3.25. The normalized spacial score (nSPS) is 13.1. The summed E-state index contributed by atoms with van der Waals surface area (Å²) in [5.74, 6) is 1.76. The van der Waals surface area contributed by atoms with E-state index in [0.29, 0.717) is 52.7 Å². The number of allylic oxidation sites excluding steroid dienone is 1. The predicted molar refractivity (Wildman–Crippen MR) is 107 cm³/mol.